The molecule has 0 unspecified atom stereocenters. The zero-order valence-electron chi connectivity index (χ0n) is 10.3. The van der Waals surface area contributed by atoms with E-state index in [-0.39, 0.29) is 16.4 Å². The summed E-state index contributed by atoms with van der Waals surface area (Å²) in [6.45, 7) is 1.72. The number of hydrogen-bond donors (Lipinski definition) is 1. The maximum Gasteiger partial charge on any atom is 0.269 e. The Hall–Kier alpha value is -2.55. The minimum absolute atomic E-state index is 0.0777. The summed E-state index contributed by atoms with van der Waals surface area (Å²) in [5.41, 5.74) is 0.474. The van der Waals surface area contributed by atoms with Crippen LogP contribution < -0.4 is 4.72 Å². The summed E-state index contributed by atoms with van der Waals surface area (Å²) in [5.74, 6) is 0.0777. The molecule has 0 saturated carbocycles. The van der Waals surface area contributed by atoms with Gasteiger partial charge in [-0.2, -0.15) is 0 Å². The fourth-order valence-corrected chi connectivity index (χ4v) is 2.38. The number of nitro benzene ring substituents is 1. The van der Waals surface area contributed by atoms with Gasteiger partial charge in [0.25, 0.3) is 15.7 Å². The van der Waals surface area contributed by atoms with E-state index in [0.717, 1.165) is 24.3 Å². The molecule has 0 radical (unpaired) electrons. The zero-order valence-corrected chi connectivity index (χ0v) is 11.2. The molecule has 20 heavy (non-hydrogen) atoms. The summed E-state index contributed by atoms with van der Waals surface area (Å²) < 4.78 is 26.3. The number of aryl methyl sites for hydroxylation is 1. The second-order valence-electron chi connectivity index (χ2n) is 3.90. The molecule has 0 bridgehead atoms. The Labute approximate surface area is 114 Å². The Morgan fingerprint density at radius 1 is 1.15 bits per heavy atom. The van der Waals surface area contributed by atoms with E-state index in [2.05, 4.69) is 14.7 Å². The first-order valence-electron chi connectivity index (χ1n) is 5.44. The van der Waals surface area contributed by atoms with Crippen LogP contribution in [-0.4, -0.2) is 23.3 Å². The molecule has 0 fully saturated rings. The number of nitrogens with one attached hydrogen (secondary N) is 1. The third-order valence-electron chi connectivity index (χ3n) is 2.38. The highest BCUT2D eigenvalue weighted by Crippen LogP contribution is 2.17. The van der Waals surface area contributed by atoms with Gasteiger partial charge < -0.3 is 0 Å². The predicted molar refractivity (Wildman–Crippen MR) is 70.7 cm³/mol. The van der Waals surface area contributed by atoms with Crippen LogP contribution >= 0.6 is 0 Å². The summed E-state index contributed by atoms with van der Waals surface area (Å²) in [5, 5.41) is 10.5. The van der Waals surface area contributed by atoms with E-state index < -0.39 is 14.9 Å². The van der Waals surface area contributed by atoms with Crippen LogP contribution in [-0.2, 0) is 10.0 Å². The molecule has 8 nitrogen and oxygen atoms in total. The van der Waals surface area contributed by atoms with Crippen LogP contribution in [0.15, 0.2) is 41.6 Å². The lowest BCUT2D eigenvalue weighted by molar-refractivity contribution is -0.384. The van der Waals surface area contributed by atoms with E-state index in [1.165, 1.54) is 12.4 Å². The van der Waals surface area contributed by atoms with Crippen LogP contribution in [0.25, 0.3) is 0 Å². The standard InChI is InChI=1S/C11H10N4O4S/c1-8-6-13-11(7-12-8)14-20(18,19)10-4-2-9(3-5-10)15(16)17/h2-7H,1H3,(H,13,14). The van der Waals surface area contributed by atoms with Gasteiger partial charge in [0.2, 0.25) is 0 Å². The lowest BCUT2D eigenvalue weighted by Crippen LogP contribution is -2.14. The minimum atomic E-state index is -3.84. The van der Waals surface area contributed by atoms with E-state index >= 15 is 0 Å². The molecule has 104 valence electrons. The Morgan fingerprint density at radius 2 is 1.80 bits per heavy atom. The van der Waals surface area contributed by atoms with Crippen molar-refractivity contribution in [2.45, 2.75) is 11.8 Å². The molecule has 0 amide bonds. The first-order chi connectivity index (χ1) is 9.38. The Bertz CT molecular complexity index is 726. The molecule has 1 aromatic carbocycles. The molecule has 2 aromatic rings. The summed E-state index contributed by atoms with van der Waals surface area (Å²) >= 11 is 0. The first-order valence-corrected chi connectivity index (χ1v) is 6.93. The van der Waals surface area contributed by atoms with E-state index in [9.17, 15) is 18.5 Å². The average molecular weight is 294 g/mol. The van der Waals surface area contributed by atoms with Crippen molar-refractivity contribution in [3.63, 3.8) is 0 Å². The van der Waals surface area contributed by atoms with Gasteiger partial charge in [-0.25, -0.2) is 13.4 Å². The Balaban J connectivity index is 2.26. The highest BCUT2D eigenvalue weighted by molar-refractivity contribution is 7.92. The third-order valence-corrected chi connectivity index (χ3v) is 3.75. The molecule has 0 aliphatic rings. The highest BCUT2D eigenvalue weighted by Gasteiger charge is 2.16. The Morgan fingerprint density at radius 3 is 2.30 bits per heavy atom. The molecule has 0 saturated heterocycles. The van der Waals surface area contributed by atoms with Crippen LogP contribution in [0.1, 0.15) is 5.69 Å². The molecule has 1 N–H and O–H groups in total. The number of sulfonamides is 1. The molecule has 0 spiro atoms. The molecule has 2 rings (SSSR count). The highest BCUT2D eigenvalue weighted by atomic mass is 32.2. The molecule has 1 heterocycles. The summed E-state index contributed by atoms with van der Waals surface area (Å²) in [6.07, 6.45) is 2.71. The second kappa shape index (κ2) is 5.21. The molecular weight excluding hydrogens is 284 g/mol. The van der Waals surface area contributed by atoms with Crippen molar-refractivity contribution < 1.29 is 13.3 Å². The molecule has 0 aliphatic heterocycles. The van der Waals surface area contributed by atoms with E-state index in [1.54, 1.807) is 6.92 Å². The second-order valence-corrected chi connectivity index (χ2v) is 5.58. The van der Waals surface area contributed by atoms with Crippen molar-refractivity contribution in [3.8, 4) is 0 Å². The molecule has 0 aliphatic carbocycles. The number of nitrogens with zero attached hydrogens (tertiary/aromatic N) is 3. The number of nitro groups is 1. The van der Waals surface area contributed by atoms with Gasteiger partial charge in [-0.05, 0) is 19.1 Å². The number of non-ortho nitro benzene ring substituents is 1. The summed E-state index contributed by atoms with van der Waals surface area (Å²) in [4.78, 5) is 17.6. The van der Waals surface area contributed by atoms with Crippen LogP contribution in [0.3, 0.4) is 0 Å². The minimum Gasteiger partial charge on any atom is -0.262 e. The van der Waals surface area contributed by atoms with Crippen molar-refractivity contribution in [2.75, 3.05) is 4.72 Å². The van der Waals surface area contributed by atoms with Gasteiger partial charge in [0.15, 0.2) is 5.82 Å². The number of benzene rings is 1. The summed E-state index contributed by atoms with van der Waals surface area (Å²) in [6, 6.07) is 4.55. The number of aromatic nitrogens is 2. The van der Waals surface area contributed by atoms with Gasteiger partial charge in [-0.15, -0.1) is 0 Å². The van der Waals surface area contributed by atoms with Crippen molar-refractivity contribution in [1.82, 2.24) is 9.97 Å². The average Bonchev–Trinajstić information content (AvgIpc) is 2.41. The topological polar surface area (TPSA) is 115 Å². The fraction of sp³-hybridized carbons (Fsp3) is 0.0909. The number of rotatable bonds is 4. The summed E-state index contributed by atoms with van der Waals surface area (Å²) in [7, 11) is -3.84. The molecule has 9 heteroatoms. The van der Waals surface area contributed by atoms with Crippen molar-refractivity contribution in [1.29, 1.82) is 0 Å². The maximum atomic E-state index is 12.0. The normalized spacial score (nSPS) is 11.1. The monoisotopic (exact) mass is 294 g/mol. The fourth-order valence-electron chi connectivity index (χ4n) is 1.39. The van der Waals surface area contributed by atoms with Gasteiger partial charge in [-0.1, -0.05) is 0 Å². The van der Waals surface area contributed by atoms with Crippen molar-refractivity contribution in [2.24, 2.45) is 0 Å². The van der Waals surface area contributed by atoms with Gasteiger partial charge in [0, 0.05) is 12.1 Å². The van der Waals surface area contributed by atoms with Crippen LogP contribution in [0.4, 0.5) is 11.5 Å². The van der Waals surface area contributed by atoms with Crippen molar-refractivity contribution in [3.05, 3.63) is 52.5 Å². The van der Waals surface area contributed by atoms with E-state index in [0.29, 0.717) is 5.69 Å². The lowest BCUT2D eigenvalue weighted by Gasteiger charge is -2.06. The SMILES string of the molecule is Cc1cnc(NS(=O)(=O)c2ccc([N+](=O)[O-])cc2)cn1. The molecule has 0 atom stereocenters. The van der Waals surface area contributed by atoms with Gasteiger partial charge in [0.1, 0.15) is 0 Å². The quantitative estimate of drug-likeness (QED) is 0.674. The third kappa shape index (κ3) is 3.06. The maximum absolute atomic E-state index is 12.0. The van der Waals surface area contributed by atoms with E-state index in [4.69, 9.17) is 0 Å². The number of anilines is 1. The van der Waals surface area contributed by atoms with Gasteiger partial charge in [0.05, 0.1) is 27.9 Å². The number of hydrogen-bond acceptors (Lipinski definition) is 6. The molecular formula is C11H10N4O4S. The van der Waals surface area contributed by atoms with Crippen molar-refractivity contribution >= 4 is 21.5 Å². The smallest absolute Gasteiger partial charge is 0.262 e. The molecule has 1 aromatic heterocycles. The lowest BCUT2D eigenvalue weighted by atomic mass is 10.3. The van der Waals surface area contributed by atoms with Crippen LogP contribution in [0.5, 0.6) is 0 Å². The van der Waals surface area contributed by atoms with Gasteiger partial charge in [-0.3, -0.25) is 19.8 Å². The largest absolute Gasteiger partial charge is 0.269 e. The van der Waals surface area contributed by atoms with Crippen LogP contribution in [0.2, 0.25) is 0 Å². The predicted octanol–water partition coefficient (Wildman–Crippen LogP) is 1.49. The van der Waals surface area contributed by atoms with E-state index in [1.807, 2.05) is 0 Å². The Kier molecular flexibility index (Phi) is 3.61. The van der Waals surface area contributed by atoms with Crippen LogP contribution in [0, 0.1) is 17.0 Å². The first kappa shape index (κ1) is 13.9. The zero-order chi connectivity index (χ0) is 14.8. The van der Waals surface area contributed by atoms with Gasteiger partial charge >= 0.3 is 0 Å².